The number of rotatable bonds is 5. The second-order valence-electron chi connectivity index (χ2n) is 2.99. The summed E-state index contributed by atoms with van der Waals surface area (Å²) < 4.78 is 0. The zero-order valence-corrected chi connectivity index (χ0v) is 9.43. The Kier molecular flexibility index (Phi) is 7.09. The first-order valence-electron chi connectivity index (χ1n) is 4.71. The van der Waals surface area contributed by atoms with Crippen molar-refractivity contribution in [1.82, 2.24) is 4.90 Å². The highest BCUT2D eigenvalue weighted by molar-refractivity contribution is 8.13. The lowest BCUT2D eigenvalue weighted by Crippen LogP contribution is -2.34. The number of hydrogen-bond acceptors (Lipinski definition) is 3. The molecule has 0 aliphatic carbocycles. The molecule has 0 bridgehead atoms. The van der Waals surface area contributed by atoms with Gasteiger partial charge in [-0.3, -0.25) is 4.79 Å². The SMILES string of the molecule is CCCN(CC(C)O)C(=O)SCC. The summed E-state index contributed by atoms with van der Waals surface area (Å²) in [7, 11) is 0. The summed E-state index contributed by atoms with van der Waals surface area (Å²) in [5.74, 6) is 0.791. The van der Waals surface area contributed by atoms with Gasteiger partial charge in [0.05, 0.1) is 6.10 Å². The van der Waals surface area contributed by atoms with E-state index in [1.807, 2.05) is 13.8 Å². The summed E-state index contributed by atoms with van der Waals surface area (Å²) in [4.78, 5) is 13.2. The third-order valence-electron chi connectivity index (χ3n) is 1.50. The van der Waals surface area contributed by atoms with Crippen molar-refractivity contribution in [3.05, 3.63) is 0 Å². The summed E-state index contributed by atoms with van der Waals surface area (Å²) in [5, 5.41) is 9.24. The Morgan fingerprint density at radius 2 is 2.15 bits per heavy atom. The molecule has 0 aromatic heterocycles. The number of nitrogens with zero attached hydrogens (tertiary/aromatic N) is 1. The van der Waals surface area contributed by atoms with E-state index in [4.69, 9.17) is 5.11 Å². The minimum Gasteiger partial charge on any atom is -0.392 e. The van der Waals surface area contributed by atoms with Crippen molar-refractivity contribution >= 4 is 17.0 Å². The van der Waals surface area contributed by atoms with E-state index in [9.17, 15) is 4.79 Å². The smallest absolute Gasteiger partial charge is 0.281 e. The van der Waals surface area contributed by atoms with Crippen molar-refractivity contribution in [1.29, 1.82) is 0 Å². The lowest BCUT2D eigenvalue weighted by molar-refractivity contribution is 0.143. The minimum absolute atomic E-state index is 0.0743. The number of hydrogen-bond donors (Lipinski definition) is 1. The fraction of sp³-hybridized carbons (Fsp3) is 0.889. The quantitative estimate of drug-likeness (QED) is 0.746. The highest BCUT2D eigenvalue weighted by Gasteiger charge is 2.13. The first kappa shape index (κ1) is 12.8. The van der Waals surface area contributed by atoms with E-state index < -0.39 is 6.10 Å². The molecule has 0 aromatic rings. The van der Waals surface area contributed by atoms with E-state index in [2.05, 4.69) is 0 Å². The molecule has 0 radical (unpaired) electrons. The molecular formula is C9H19NO2S. The molecule has 1 unspecified atom stereocenters. The van der Waals surface area contributed by atoms with Gasteiger partial charge in [-0.25, -0.2) is 0 Å². The molecule has 1 atom stereocenters. The molecule has 13 heavy (non-hydrogen) atoms. The van der Waals surface area contributed by atoms with Gasteiger partial charge in [0.25, 0.3) is 5.24 Å². The third kappa shape index (κ3) is 5.93. The van der Waals surface area contributed by atoms with Crippen LogP contribution in [0.5, 0.6) is 0 Å². The van der Waals surface area contributed by atoms with Crippen LogP contribution in [-0.2, 0) is 0 Å². The standard InChI is InChI=1S/C9H19NO2S/c1-4-6-10(7-8(3)11)9(12)13-5-2/h8,11H,4-7H2,1-3H3. The summed E-state index contributed by atoms with van der Waals surface area (Å²) in [6.45, 7) is 6.86. The molecule has 1 amide bonds. The molecule has 0 aliphatic heterocycles. The van der Waals surface area contributed by atoms with Crippen LogP contribution in [0, 0.1) is 0 Å². The Labute approximate surface area is 84.5 Å². The predicted molar refractivity (Wildman–Crippen MR) is 57.1 cm³/mol. The third-order valence-corrected chi connectivity index (χ3v) is 2.30. The highest BCUT2D eigenvalue weighted by Crippen LogP contribution is 2.09. The van der Waals surface area contributed by atoms with Gasteiger partial charge in [-0.05, 0) is 19.1 Å². The minimum atomic E-state index is -0.437. The molecule has 78 valence electrons. The van der Waals surface area contributed by atoms with E-state index in [1.165, 1.54) is 11.8 Å². The van der Waals surface area contributed by atoms with Gasteiger partial charge in [0, 0.05) is 13.1 Å². The van der Waals surface area contributed by atoms with Crippen LogP contribution in [0.3, 0.4) is 0 Å². The molecule has 0 rings (SSSR count). The van der Waals surface area contributed by atoms with Gasteiger partial charge in [-0.1, -0.05) is 25.6 Å². The normalized spacial score (nSPS) is 12.6. The zero-order chi connectivity index (χ0) is 10.3. The van der Waals surface area contributed by atoms with Crippen molar-refractivity contribution in [2.24, 2.45) is 0 Å². The Morgan fingerprint density at radius 3 is 2.54 bits per heavy atom. The van der Waals surface area contributed by atoms with Crippen LogP contribution in [0.4, 0.5) is 4.79 Å². The Hall–Kier alpha value is -0.220. The van der Waals surface area contributed by atoms with E-state index in [0.717, 1.165) is 18.7 Å². The van der Waals surface area contributed by atoms with Crippen molar-refractivity contribution in [3.63, 3.8) is 0 Å². The monoisotopic (exact) mass is 205 g/mol. The maximum atomic E-state index is 11.4. The molecule has 0 aliphatic rings. The second kappa shape index (κ2) is 7.21. The molecule has 0 aromatic carbocycles. The first-order chi connectivity index (χ1) is 6.11. The highest BCUT2D eigenvalue weighted by atomic mass is 32.2. The Balaban J connectivity index is 3.98. The Morgan fingerprint density at radius 1 is 1.54 bits per heavy atom. The average Bonchev–Trinajstić information content (AvgIpc) is 2.03. The van der Waals surface area contributed by atoms with Crippen molar-refractivity contribution in [3.8, 4) is 0 Å². The van der Waals surface area contributed by atoms with Crippen LogP contribution in [0.1, 0.15) is 27.2 Å². The number of aliphatic hydroxyl groups is 1. The topological polar surface area (TPSA) is 40.5 Å². The van der Waals surface area contributed by atoms with Crippen LogP contribution in [-0.4, -0.2) is 40.2 Å². The van der Waals surface area contributed by atoms with E-state index in [-0.39, 0.29) is 5.24 Å². The van der Waals surface area contributed by atoms with Gasteiger partial charge in [0.15, 0.2) is 0 Å². The molecule has 3 nitrogen and oxygen atoms in total. The fourth-order valence-corrected chi connectivity index (χ4v) is 1.66. The lowest BCUT2D eigenvalue weighted by atomic mass is 10.3. The molecule has 0 spiro atoms. The number of amides is 1. The van der Waals surface area contributed by atoms with Crippen molar-refractivity contribution in [2.75, 3.05) is 18.8 Å². The van der Waals surface area contributed by atoms with Gasteiger partial charge in [0.1, 0.15) is 0 Å². The Bertz CT molecular complexity index is 151. The predicted octanol–water partition coefficient (Wildman–Crippen LogP) is 1.95. The lowest BCUT2D eigenvalue weighted by Gasteiger charge is -2.22. The van der Waals surface area contributed by atoms with Gasteiger partial charge < -0.3 is 10.0 Å². The molecule has 4 heteroatoms. The van der Waals surface area contributed by atoms with Gasteiger partial charge in [-0.2, -0.15) is 0 Å². The number of aliphatic hydroxyl groups excluding tert-OH is 1. The maximum Gasteiger partial charge on any atom is 0.281 e. The largest absolute Gasteiger partial charge is 0.392 e. The number of carbonyl (C=O) groups excluding carboxylic acids is 1. The molecule has 1 N–H and O–H groups in total. The number of carbonyl (C=O) groups is 1. The van der Waals surface area contributed by atoms with Gasteiger partial charge in [0.2, 0.25) is 0 Å². The molecular weight excluding hydrogens is 186 g/mol. The van der Waals surface area contributed by atoms with Crippen LogP contribution in [0.25, 0.3) is 0 Å². The maximum absolute atomic E-state index is 11.4. The number of thioether (sulfide) groups is 1. The summed E-state index contributed by atoms with van der Waals surface area (Å²) >= 11 is 1.30. The van der Waals surface area contributed by atoms with E-state index in [0.29, 0.717) is 6.54 Å². The molecule has 0 saturated carbocycles. The van der Waals surface area contributed by atoms with Crippen LogP contribution in [0.15, 0.2) is 0 Å². The van der Waals surface area contributed by atoms with Crippen molar-refractivity contribution in [2.45, 2.75) is 33.3 Å². The first-order valence-corrected chi connectivity index (χ1v) is 5.70. The summed E-state index contributed by atoms with van der Waals surface area (Å²) in [5.41, 5.74) is 0. The van der Waals surface area contributed by atoms with E-state index >= 15 is 0 Å². The summed E-state index contributed by atoms with van der Waals surface area (Å²) in [6, 6.07) is 0. The summed E-state index contributed by atoms with van der Waals surface area (Å²) in [6.07, 6.45) is 0.496. The van der Waals surface area contributed by atoms with Gasteiger partial charge in [-0.15, -0.1) is 0 Å². The fourth-order valence-electron chi connectivity index (χ4n) is 1.06. The van der Waals surface area contributed by atoms with Crippen LogP contribution < -0.4 is 0 Å². The van der Waals surface area contributed by atoms with E-state index in [1.54, 1.807) is 11.8 Å². The molecule has 0 fully saturated rings. The zero-order valence-electron chi connectivity index (χ0n) is 8.62. The molecule has 0 saturated heterocycles. The van der Waals surface area contributed by atoms with Crippen LogP contribution in [0.2, 0.25) is 0 Å². The average molecular weight is 205 g/mol. The van der Waals surface area contributed by atoms with Crippen LogP contribution >= 0.6 is 11.8 Å². The molecule has 0 heterocycles. The van der Waals surface area contributed by atoms with Gasteiger partial charge >= 0.3 is 0 Å². The van der Waals surface area contributed by atoms with Crippen molar-refractivity contribution < 1.29 is 9.90 Å². The second-order valence-corrected chi connectivity index (χ2v) is 4.21.